The minimum absolute atomic E-state index is 0.207. The van der Waals surface area contributed by atoms with Gasteiger partial charge in [-0.1, -0.05) is 0 Å². The first-order valence-electron chi connectivity index (χ1n) is 8.48. The average Bonchev–Trinajstić information content (AvgIpc) is 3.05. The monoisotopic (exact) mass is 388 g/mol. The number of aryl methyl sites for hydroxylation is 1. The van der Waals surface area contributed by atoms with Crippen LogP contribution in [0.4, 0.5) is 0 Å². The largest absolute Gasteiger partial charge is 0.462 e. The van der Waals surface area contributed by atoms with E-state index in [0.29, 0.717) is 29.1 Å². The molecule has 0 atom stereocenters. The summed E-state index contributed by atoms with van der Waals surface area (Å²) in [5.41, 5.74) is 0.957. The lowest BCUT2D eigenvalue weighted by atomic mass is 10.1. The predicted molar refractivity (Wildman–Crippen MR) is 101 cm³/mol. The zero-order chi connectivity index (χ0) is 19.6. The number of hydrogen-bond donors (Lipinski definition) is 0. The van der Waals surface area contributed by atoms with Crippen LogP contribution in [0.1, 0.15) is 24.2 Å². The SMILES string of the molecule is CCOC(=O)c1cc(Oc2ccc(S(C)(=O)=O)cc2)c2cn(CC)nc2c1. The Bertz CT molecular complexity index is 1090. The lowest BCUT2D eigenvalue weighted by Gasteiger charge is -2.09. The van der Waals surface area contributed by atoms with E-state index in [1.54, 1.807) is 35.9 Å². The number of carbonyl (C=O) groups is 1. The maximum Gasteiger partial charge on any atom is 0.338 e. The van der Waals surface area contributed by atoms with Crippen molar-refractivity contribution < 1.29 is 22.7 Å². The number of fused-ring (bicyclic) bond motifs is 1. The first-order chi connectivity index (χ1) is 12.8. The van der Waals surface area contributed by atoms with Gasteiger partial charge in [-0.25, -0.2) is 13.2 Å². The van der Waals surface area contributed by atoms with Gasteiger partial charge in [0.05, 0.1) is 28.0 Å². The van der Waals surface area contributed by atoms with Crippen molar-refractivity contribution in [3.63, 3.8) is 0 Å². The molecule has 0 aliphatic carbocycles. The fourth-order valence-corrected chi connectivity index (χ4v) is 3.23. The highest BCUT2D eigenvalue weighted by molar-refractivity contribution is 7.90. The molecule has 7 nitrogen and oxygen atoms in total. The number of esters is 1. The predicted octanol–water partition coefficient (Wildman–Crippen LogP) is 3.43. The molecule has 0 saturated heterocycles. The molecule has 1 aromatic heterocycles. The summed E-state index contributed by atoms with van der Waals surface area (Å²) in [5.74, 6) is 0.444. The lowest BCUT2D eigenvalue weighted by Crippen LogP contribution is -2.05. The molecule has 2 aromatic carbocycles. The molecule has 0 aliphatic rings. The van der Waals surface area contributed by atoms with Crippen molar-refractivity contribution in [1.82, 2.24) is 9.78 Å². The minimum Gasteiger partial charge on any atom is -0.462 e. The number of hydrogen-bond acceptors (Lipinski definition) is 6. The molecule has 0 unspecified atom stereocenters. The summed E-state index contributed by atoms with van der Waals surface area (Å²) in [7, 11) is -3.28. The van der Waals surface area contributed by atoms with Crippen LogP contribution in [0.2, 0.25) is 0 Å². The van der Waals surface area contributed by atoms with Crippen LogP contribution >= 0.6 is 0 Å². The van der Waals surface area contributed by atoms with Crippen LogP contribution in [0.15, 0.2) is 47.5 Å². The molecular weight excluding hydrogens is 368 g/mol. The van der Waals surface area contributed by atoms with Gasteiger partial charge in [0.1, 0.15) is 11.5 Å². The van der Waals surface area contributed by atoms with Gasteiger partial charge in [-0.2, -0.15) is 5.10 Å². The molecule has 142 valence electrons. The van der Waals surface area contributed by atoms with Gasteiger partial charge in [0.15, 0.2) is 9.84 Å². The maximum absolute atomic E-state index is 12.1. The molecule has 0 spiro atoms. The zero-order valence-electron chi connectivity index (χ0n) is 15.3. The van der Waals surface area contributed by atoms with E-state index < -0.39 is 15.8 Å². The number of ether oxygens (including phenoxy) is 2. The number of nitrogens with zero attached hydrogens (tertiary/aromatic N) is 2. The summed E-state index contributed by atoms with van der Waals surface area (Å²) >= 11 is 0. The highest BCUT2D eigenvalue weighted by Crippen LogP contribution is 2.32. The van der Waals surface area contributed by atoms with Crippen LogP contribution in [0.3, 0.4) is 0 Å². The smallest absolute Gasteiger partial charge is 0.338 e. The third kappa shape index (κ3) is 4.11. The first-order valence-corrected chi connectivity index (χ1v) is 10.4. The van der Waals surface area contributed by atoms with Crippen LogP contribution in [0.5, 0.6) is 11.5 Å². The second kappa shape index (κ2) is 7.40. The van der Waals surface area contributed by atoms with Gasteiger partial charge in [0, 0.05) is 19.0 Å². The molecule has 8 heteroatoms. The van der Waals surface area contributed by atoms with Crippen molar-refractivity contribution in [3.8, 4) is 11.5 Å². The molecule has 3 rings (SSSR count). The fraction of sp³-hybridized carbons (Fsp3) is 0.263. The fourth-order valence-electron chi connectivity index (χ4n) is 2.60. The summed E-state index contributed by atoms with van der Waals surface area (Å²) in [5, 5.41) is 5.18. The average molecular weight is 388 g/mol. The van der Waals surface area contributed by atoms with Gasteiger partial charge in [-0.15, -0.1) is 0 Å². The molecule has 0 radical (unpaired) electrons. The minimum atomic E-state index is -3.28. The number of aromatic nitrogens is 2. The van der Waals surface area contributed by atoms with Crippen LogP contribution < -0.4 is 4.74 Å². The molecule has 0 saturated carbocycles. The molecule has 3 aromatic rings. The van der Waals surface area contributed by atoms with Gasteiger partial charge >= 0.3 is 5.97 Å². The number of rotatable bonds is 6. The van der Waals surface area contributed by atoms with E-state index in [0.717, 1.165) is 11.6 Å². The van der Waals surface area contributed by atoms with Gasteiger partial charge in [0.25, 0.3) is 0 Å². The van der Waals surface area contributed by atoms with E-state index in [1.165, 1.54) is 12.1 Å². The van der Waals surface area contributed by atoms with Gasteiger partial charge in [0.2, 0.25) is 0 Å². The Morgan fingerprint density at radius 3 is 2.44 bits per heavy atom. The Hall–Kier alpha value is -2.87. The number of benzene rings is 2. The number of carbonyl (C=O) groups excluding carboxylic acids is 1. The molecule has 0 bridgehead atoms. The summed E-state index contributed by atoms with van der Waals surface area (Å²) in [4.78, 5) is 12.4. The van der Waals surface area contributed by atoms with Crippen LogP contribution in [-0.2, 0) is 21.1 Å². The molecule has 0 fully saturated rings. The van der Waals surface area contributed by atoms with E-state index in [2.05, 4.69) is 5.10 Å². The Morgan fingerprint density at radius 1 is 1.15 bits per heavy atom. The Balaban J connectivity index is 2.03. The topological polar surface area (TPSA) is 87.5 Å². The second-order valence-corrected chi connectivity index (χ2v) is 7.97. The van der Waals surface area contributed by atoms with Crippen LogP contribution in [-0.4, -0.2) is 37.0 Å². The normalized spacial score (nSPS) is 11.5. The highest BCUT2D eigenvalue weighted by Gasteiger charge is 2.16. The maximum atomic E-state index is 12.1. The van der Waals surface area contributed by atoms with Crippen molar-refractivity contribution in [2.45, 2.75) is 25.3 Å². The van der Waals surface area contributed by atoms with Gasteiger partial charge < -0.3 is 9.47 Å². The molecule has 1 heterocycles. The molecule has 0 amide bonds. The van der Waals surface area contributed by atoms with E-state index in [1.807, 2.05) is 13.1 Å². The molecule has 0 N–H and O–H groups in total. The Kier molecular flexibility index (Phi) is 5.18. The lowest BCUT2D eigenvalue weighted by molar-refractivity contribution is 0.0526. The third-order valence-electron chi connectivity index (χ3n) is 3.95. The summed E-state index contributed by atoms with van der Waals surface area (Å²) in [6, 6.07) is 9.37. The Labute approximate surface area is 157 Å². The van der Waals surface area contributed by atoms with E-state index in [4.69, 9.17) is 9.47 Å². The molecule has 27 heavy (non-hydrogen) atoms. The zero-order valence-corrected chi connectivity index (χ0v) is 16.1. The van der Waals surface area contributed by atoms with Crippen LogP contribution in [0.25, 0.3) is 10.9 Å². The van der Waals surface area contributed by atoms with Crippen molar-refractivity contribution in [3.05, 3.63) is 48.2 Å². The summed E-state index contributed by atoms with van der Waals surface area (Å²) in [6.45, 7) is 4.64. The van der Waals surface area contributed by atoms with Crippen molar-refractivity contribution in [1.29, 1.82) is 0 Å². The van der Waals surface area contributed by atoms with Crippen molar-refractivity contribution in [2.75, 3.05) is 12.9 Å². The van der Waals surface area contributed by atoms with Crippen LogP contribution in [0, 0.1) is 0 Å². The quantitative estimate of drug-likeness (QED) is 0.601. The summed E-state index contributed by atoms with van der Waals surface area (Å²) in [6.07, 6.45) is 2.98. The third-order valence-corrected chi connectivity index (χ3v) is 5.08. The molecular formula is C19H20N2O5S. The van der Waals surface area contributed by atoms with Gasteiger partial charge in [-0.3, -0.25) is 4.68 Å². The standard InChI is InChI=1S/C19H20N2O5S/c1-4-21-12-16-17(20-21)10-13(19(22)25-5-2)11-18(16)26-14-6-8-15(9-7-14)27(3,23)24/h6-12H,4-5H2,1-3H3. The highest BCUT2D eigenvalue weighted by atomic mass is 32.2. The first kappa shape index (κ1) is 18.9. The van der Waals surface area contributed by atoms with Gasteiger partial charge in [-0.05, 0) is 50.2 Å². The van der Waals surface area contributed by atoms with E-state index >= 15 is 0 Å². The van der Waals surface area contributed by atoms with Crippen molar-refractivity contribution in [2.24, 2.45) is 0 Å². The second-order valence-electron chi connectivity index (χ2n) is 5.96. The Morgan fingerprint density at radius 2 is 1.85 bits per heavy atom. The van der Waals surface area contributed by atoms with E-state index in [-0.39, 0.29) is 11.5 Å². The van der Waals surface area contributed by atoms with Crippen molar-refractivity contribution >= 4 is 26.7 Å². The summed E-state index contributed by atoms with van der Waals surface area (Å²) < 4.78 is 35.9. The number of sulfone groups is 1. The molecule has 0 aliphatic heterocycles. The van der Waals surface area contributed by atoms with E-state index in [9.17, 15) is 13.2 Å².